The third-order valence-electron chi connectivity index (χ3n) is 13.0. The molecule has 15 nitrogen and oxygen atoms in total. The van der Waals surface area contributed by atoms with Crippen molar-refractivity contribution in [1.29, 1.82) is 0 Å². The highest BCUT2D eigenvalue weighted by molar-refractivity contribution is 6.25. The van der Waals surface area contributed by atoms with E-state index in [2.05, 4.69) is 16.0 Å². The summed E-state index contributed by atoms with van der Waals surface area (Å²) in [7, 11) is 0. The van der Waals surface area contributed by atoms with Crippen molar-refractivity contribution in [3.63, 3.8) is 0 Å². The number of rotatable bonds is 21. The molecular formula is C48H54F4N6O9. The summed E-state index contributed by atoms with van der Waals surface area (Å²) in [5, 5.41) is 19.4. The minimum Gasteiger partial charge on any atom is -0.427 e. The van der Waals surface area contributed by atoms with Crippen molar-refractivity contribution in [2.45, 2.75) is 133 Å². The molecule has 4 atom stereocenters. The number of carbonyl (C=O) groups excluding carboxylic acids is 7. The maximum Gasteiger partial charge on any atom is 0.418 e. The van der Waals surface area contributed by atoms with E-state index >= 15 is 0 Å². The number of aryl methyl sites for hydroxylation is 1. The lowest BCUT2D eigenvalue weighted by Crippen LogP contribution is -2.54. The molecule has 2 unspecified atom stereocenters. The monoisotopic (exact) mass is 934 g/mol. The zero-order chi connectivity index (χ0) is 48.0. The fraction of sp³-hybridized carbons (Fsp3) is 0.479. The maximum atomic E-state index is 13.9. The van der Waals surface area contributed by atoms with E-state index in [-0.39, 0.29) is 41.9 Å². The summed E-state index contributed by atoms with van der Waals surface area (Å²) >= 11 is 0. The second kappa shape index (κ2) is 20.8. The Morgan fingerprint density at radius 1 is 0.910 bits per heavy atom. The van der Waals surface area contributed by atoms with Crippen molar-refractivity contribution in [3.8, 4) is 0 Å². The minimum atomic E-state index is -4.77. The van der Waals surface area contributed by atoms with Gasteiger partial charge in [-0.1, -0.05) is 69.2 Å². The molecule has 0 bridgehead atoms. The summed E-state index contributed by atoms with van der Waals surface area (Å²) in [5.74, 6) is -3.73. The van der Waals surface area contributed by atoms with Gasteiger partial charge in [-0.25, -0.2) is 14.1 Å². The topological polar surface area (TPSA) is 195 Å². The van der Waals surface area contributed by atoms with E-state index in [1.807, 2.05) is 0 Å². The summed E-state index contributed by atoms with van der Waals surface area (Å²) in [4.78, 5) is 92.3. The van der Waals surface area contributed by atoms with Crippen LogP contribution in [0.3, 0.4) is 0 Å². The zero-order valence-corrected chi connectivity index (χ0v) is 37.1. The van der Waals surface area contributed by atoms with Gasteiger partial charge in [0, 0.05) is 49.3 Å². The maximum absolute atomic E-state index is 13.9. The lowest BCUT2D eigenvalue weighted by molar-refractivity contribution is -0.204. The summed E-state index contributed by atoms with van der Waals surface area (Å²) in [6.45, 7) is 0.207. The van der Waals surface area contributed by atoms with Crippen LogP contribution < -0.4 is 16.0 Å². The van der Waals surface area contributed by atoms with E-state index in [0.29, 0.717) is 58.1 Å². The van der Waals surface area contributed by atoms with E-state index in [4.69, 9.17) is 4.74 Å². The molecule has 3 aromatic rings. The Morgan fingerprint density at radius 3 is 2.28 bits per heavy atom. The number of carbonyl (C=O) groups is 7. The molecule has 67 heavy (non-hydrogen) atoms. The Balaban J connectivity index is 0.785. The number of fused-ring (bicyclic) bond motifs is 3. The average molecular weight is 935 g/mol. The molecule has 3 aromatic carbocycles. The van der Waals surface area contributed by atoms with Crippen LogP contribution >= 0.6 is 0 Å². The van der Waals surface area contributed by atoms with Crippen LogP contribution in [0.25, 0.3) is 0 Å². The Kier molecular flexibility index (Phi) is 15.1. The fourth-order valence-corrected chi connectivity index (χ4v) is 9.27. The van der Waals surface area contributed by atoms with Crippen molar-refractivity contribution >= 4 is 52.9 Å². The van der Waals surface area contributed by atoms with Crippen LogP contribution in [0.1, 0.15) is 128 Å². The number of halogens is 4. The lowest BCUT2D eigenvalue weighted by atomic mass is 9.94. The molecule has 0 aromatic heterocycles. The third-order valence-corrected chi connectivity index (χ3v) is 13.0. The van der Waals surface area contributed by atoms with Gasteiger partial charge in [0.1, 0.15) is 24.1 Å². The van der Waals surface area contributed by atoms with E-state index in [9.17, 15) is 56.2 Å². The number of nitrogens with one attached hydrogen (secondary N) is 3. The zero-order valence-electron chi connectivity index (χ0n) is 37.1. The molecule has 1 aliphatic carbocycles. The van der Waals surface area contributed by atoms with Crippen molar-refractivity contribution in [2.24, 2.45) is 0 Å². The number of aliphatic hydroxyl groups excluding tert-OH is 1. The molecular weight excluding hydrogens is 881 g/mol. The smallest absolute Gasteiger partial charge is 0.418 e. The summed E-state index contributed by atoms with van der Waals surface area (Å²) < 4.78 is 60.7. The SMILES string of the molecule is C[C@H](N(Cc1ccc(F)cc1)C(O)CN1C(=O)O[C@@]2(CCc3cc(NC(=O)CCCCCCCCCCCNc4cccc5c4C(=O)N(C4CCC(=O)NC4=O)C5=O)ccc32)C1=O)C(F)(F)F. The number of anilines is 2. The number of aliphatic hydroxyl groups is 1. The van der Waals surface area contributed by atoms with Gasteiger partial charge in [-0.15, -0.1) is 0 Å². The van der Waals surface area contributed by atoms with Crippen LogP contribution in [0.2, 0.25) is 0 Å². The first-order valence-electron chi connectivity index (χ1n) is 22.8. The second-order valence-electron chi connectivity index (χ2n) is 17.6. The van der Waals surface area contributed by atoms with Crippen LogP contribution in [-0.4, -0.2) is 98.9 Å². The van der Waals surface area contributed by atoms with Crippen LogP contribution in [0.5, 0.6) is 0 Å². The molecule has 7 amide bonds. The quantitative estimate of drug-likeness (QED) is 0.0369. The van der Waals surface area contributed by atoms with Crippen molar-refractivity contribution in [2.75, 3.05) is 23.7 Å². The van der Waals surface area contributed by atoms with Gasteiger partial charge in [-0.05, 0) is 80.1 Å². The molecule has 3 aliphatic heterocycles. The van der Waals surface area contributed by atoms with Crippen molar-refractivity contribution in [1.82, 2.24) is 20.0 Å². The largest absolute Gasteiger partial charge is 0.427 e. The lowest BCUT2D eigenvalue weighted by Gasteiger charge is -2.35. The van der Waals surface area contributed by atoms with Gasteiger partial charge in [0.15, 0.2) is 0 Å². The first kappa shape index (κ1) is 48.7. The average Bonchev–Trinajstić information content (AvgIpc) is 3.86. The predicted octanol–water partition coefficient (Wildman–Crippen LogP) is 7.07. The molecule has 1 spiro atoms. The number of ether oxygens (including phenoxy) is 1. The normalized spacial score (nSPS) is 20.1. The standard InChI is InChI=1S/C48H54F4N6O9/c1-29(48(50,51)52)56(27-30-15-17-32(49)18-16-30)40(61)28-57-45(65)47(67-46(57)66)24-23-31-26-33(19-20-35(31)47)54-38(59)14-9-7-5-3-2-4-6-8-10-25-53-36-13-11-12-34-41(36)44(64)58(43(34)63)37-21-22-39(60)55-42(37)62/h11-13,15-20,26,29,37,40,53,61H,2-10,14,21-25,27-28H2,1H3,(H,54,59)(H,55,60,62)/t29-,37?,40?,47+/m0/s1. The molecule has 4 aliphatic rings. The molecule has 0 saturated carbocycles. The Bertz CT molecular complexity index is 2400. The van der Waals surface area contributed by atoms with E-state index in [1.54, 1.807) is 36.4 Å². The summed E-state index contributed by atoms with van der Waals surface area (Å²) in [6, 6.07) is 11.4. The van der Waals surface area contributed by atoms with Crippen LogP contribution in [0.4, 0.5) is 33.7 Å². The van der Waals surface area contributed by atoms with E-state index < -0.39 is 84.6 Å². The molecule has 4 N–H and O–H groups in total. The first-order chi connectivity index (χ1) is 32.0. The number of piperidine rings is 1. The second-order valence-corrected chi connectivity index (χ2v) is 17.6. The number of imide groups is 3. The number of nitrogens with zero attached hydrogens (tertiary/aromatic N) is 3. The predicted molar refractivity (Wildman–Crippen MR) is 235 cm³/mol. The minimum absolute atomic E-state index is 0.0555. The van der Waals surface area contributed by atoms with Crippen LogP contribution in [-0.2, 0) is 42.5 Å². The van der Waals surface area contributed by atoms with Gasteiger partial charge < -0.3 is 20.5 Å². The number of unbranched alkanes of at least 4 members (excludes halogenated alkanes) is 8. The number of β-amino-alcohol motifs (C(OH)–C–C–N with tert-alkyl or cyclic N) is 1. The Morgan fingerprint density at radius 2 is 1.60 bits per heavy atom. The molecule has 3 heterocycles. The van der Waals surface area contributed by atoms with Gasteiger partial charge in [0.2, 0.25) is 23.3 Å². The van der Waals surface area contributed by atoms with Crippen LogP contribution in [0, 0.1) is 5.82 Å². The summed E-state index contributed by atoms with van der Waals surface area (Å²) in [5.41, 5.74) is 1.15. The summed E-state index contributed by atoms with van der Waals surface area (Å²) in [6.07, 6.45) is 1.61. The third kappa shape index (κ3) is 10.8. The number of hydrogen-bond donors (Lipinski definition) is 4. The number of benzene rings is 3. The molecule has 358 valence electrons. The number of alkyl halides is 3. The molecule has 0 radical (unpaired) electrons. The number of amides is 7. The van der Waals surface area contributed by atoms with E-state index in [1.165, 1.54) is 12.1 Å². The fourth-order valence-electron chi connectivity index (χ4n) is 9.27. The highest BCUT2D eigenvalue weighted by Crippen LogP contribution is 2.46. The van der Waals surface area contributed by atoms with E-state index in [0.717, 1.165) is 75.3 Å². The first-order valence-corrected chi connectivity index (χ1v) is 22.8. The van der Waals surface area contributed by atoms with Gasteiger partial charge in [-0.2, -0.15) is 13.2 Å². The Hall–Kier alpha value is -6.21. The van der Waals surface area contributed by atoms with Crippen LogP contribution in [0.15, 0.2) is 60.7 Å². The highest BCUT2D eigenvalue weighted by atomic mass is 19.4. The van der Waals surface area contributed by atoms with Gasteiger partial charge >= 0.3 is 12.3 Å². The molecule has 19 heteroatoms. The van der Waals surface area contributed by atoms with Gasteiger partial charge in [0.25, 0.3) is 17.7 Å². The van der Waals surface area contributed by atoms with Crippen molar-refractivity contribution < 1.29 is 61.0 Å². The highest BCUT2D eigenvalue weighted by Gasteiger charge is 2.59. The van der Waals surface area contributed by atoms with Gasteiger partial charge in [0.05, 0.1) is 17.7 Å². The molecule has 2 fully saturated rings. The Labute approximate surface area is 384 Å². The number of hydrogen-bond acceptors (Lipinski definition) is 11. The van der Waals surface area contributed by atoms with Crippen molar-refractivity contribution in [3.05, 3.63) is 94.3 Å². The molecule has 7 rings (SSSR count). The molecule has 2 saturated heterocycles. The van der Waals surface area contributed by atoms with Gasteiger partial charge in [-0.3, -0.25) is 43.9 Å².